The minimum Gasteiger partial charge on any atom is -0.299 e. The monoisotopic (exact) mass is 406 g/mol. The van der Waals surface area contributed by atoms with E-state index in [2.05, 4.69) is 0 Å². The highest BCUT2D eigenvalue weighted by molar-refractivity contribution is 7.99. The molecule has 0 radical (unpaired) electrons. The maximum Gasteiger partial charge on any atom is 0.268 e. The number of nitrogens with zero attached hydrogens (tertiary/aromatic N) is 2. The van der Waals surface area contributed by atoms with Gasteiger partial charge in [-0.1, -0.05) is 67.2 Å². The maximum absolute atomic E-state index is 13.6. The molecule has 2 aromatic heterocycles. The van der Waals surface area contributed by atoms with Gasteiger partial charge in [-0.05, 0) is 17.7 Å². The molecule has 0 spiro atoms. The van der Waals surface area contributed by atoms with Crippen molar-refractivity contribution >= 4 is 39.1 Å². The molecule has 4 rings (SSSR count). The molecule has 28 heavy (non-hydrogen) atoms. The maximum atomic E-state index is 13.6. The van der Waals surface area contributed by atoms with Crippen LogP contribution in [-0.4, -0.2) is 21.1 Å². The molecule has 2 heterocycles. The summed E-state index contributed by atoms with van der Waals surface area (Å²) in [5.41, 5.74) is 2.53. The third-order valence-electron chi connectivity index (χ3n) is 4.43. The van der Waals surface area contributed by atoms with Gasteiger partial charge in [0, 0.05) is 17.4 Å². The van der Waals surface area contributed by atoms with Crippen molar-refractivity contribution in [2.24, 2.45) is 0 Å². The first-order valence-corrected chi connectivity index (χ1v) is 10.8. The second-order valence-electron chi connectivity index (χ2n) is 6.25. The number of benzene rings is 2. The number of fused-ring (bicyclic) bond motifs is 1. The van der Waals surface area contributed by atoms with Crippen LogP contribution in [0.5, 0.6) is 0 Å². The summed E-state index contributed by atoms with van der Waals surface area (Å²) in [6, 6.07) is 19.3. The SMILES string of the molecule is CCC(=O)CSc1nc2scc(-c3ccccc3)c2c(=O)n1-c1ccccc1. The van der Waals surface area contributed by atoms with Crippen LogP contribution in [0.2, 0.25) is 0 Å². The average Bonchev–Trinajstić information content (AvgIpc) is 3.17. The van der Waals surface area contributed by atoms with E-state index >= 15 is 0 Å². The zero-order chi connectivity index (χ0) is 19.5. The van der Waals surface area contributed by atoms with Gasteiger partial charge in [-0.15, -0.1) is 11.3 Å². The number of hydrogen-bond acceptors (Lipinski definition) is 5. The molecule has 2 aromatic carbocycles. The fourth-order valence-electron chi connectivity index (χ4n) is 2.95. The quantitative estimate of drug-likeness (QED) is 0.327. The van der Waals surface area contributed by atoms with Crippen molar-refractivity contribution in [2.45, 2.75) is 18.5 Å². The van der Waals surface area contributed by atoms with Crippen LogP contribution in [0, 0.1) is 0 Å². The number of Topliss-reactive ketones (excluding diaryl/α,β-unsaturated/α-hetero) is 1. The van der Waals surface area contributed by atoms with E-state index in [1.165, 1.54) is 23.1 Å². The Hall–Kier alpha value is -2.70. The van der Waals surface area contributed by atoms with Gasteiger partial charge in [0.1, 0.15) is 10.6 Å². The summed E-state index contributed by atoms with van der Waals surface area (Å²) in [5, 5.41) is 3.15. The lowest BCUT2D eigenvalue weighted by atomic mass is 10.1. The van der Waals surface area contributed by atoms with E-state index < -0.39 is 0 Å². The Balaban J connectivity index is 1.94. The van der Waals surface area contributed by atoms with Crippen molar-refractivity contribution in [3.8, 4) is 16.8 Å². The van der Waals surface area contributed by atoms with Crippen LogP contribution in [0.3, 0.4) is 0 Å². The Kier molecular flexibility index (Phi) is 5.41. The lowest BCUT2D eigenvalue weighted by molar-refractivity contribution is -0.116. The van der Waals surface area contributed by atoms with Gasteiger partial charge in [-0.2, -0.15) is 0 Å². The number of thioether (sulfide) groups is 1. The van der Waals surface area contributed by atoms with Crippen LogP contribution in [0.15, 0.2) is 76.0 Å². The number of thiophene rings is 1. The van der Waals surface area contributed by atoms with Crippen molar-refractivity contribution in [3.05, 3.63) is 76.4 Å². The highest BCUT2D eigenvalue weighted by Gasteiger charge is 2.18. The van der Waals surface area contributed by atoms with Gasteiger partial charge in [-0.3, -0.25) is 14.2 Å². The second kappa shape index (κ2) is 8.12. The third kappa shape index (κ3) is 3.53. The van der Waals surface area contributed by atoms with Crippen LogP contribution in [0.4, 0.5) is 0 Å². The molecule has 0 aliphatic carbocycles. The minimum atomic E-state index is -0.109. The van der Waals surface area contributed by atoms with Gasteiger partial charge in [0.15, 0.2) is 5.16 Å². The molecule has 0 aliphatic heterocycles. The Morgan fingerprint density at radius 2 is 1.75 bits per heavy atom. The van der Waals surface area contributed by atoms with Gasteiger partial charge >= 0.3 is 0 Å². The molecule has 6 heteroatoms. The first kappa shape index (κ1) is 18.7. The van der Waals surface area contributed by atoms with E-state index in [1.54, 1.807) is 4.57 Å². The number of carbonyl (C=O) groups excluding carboxylic acids is 1. The standard InChI is InChI=1S/C22H18N2O2S2/c1-2-17(25)13-28-22-23-20-19(18(14-27-20)15-9-5-3-6-10-15)21(26)24(22)16-11-7-4-8-12-16/h3-12,14H,2,13H2,1H3. The molecular formula is C22H18N2O2S2. The fourth-order valence-corrected chi connectivity index (χ4v) is 4.91. The van der Waals surface area contributed by atoms with Gasteiger partial charge in [0.2, 0.25) is 0 Å². The van der Waals surface area contributed by atoms with Crippen LogP contribution >= 0.6 is 23.1 Å². The van der Waals surface area contributed by atoms with Crippen LogP contribution < -0.4 is 5.56 Å². The number of carbonyl (C=O) groups is 1. The van der Waals surface area contributed by atoms with Crippen molar-refractivity contribution < 1.29 is 4.79 Å². The van der Waals surface area contributed by atoms with E-state index in [-0.39, 0.29) is 11.3 Å². The number of ketones is 1. The smallest absolute Gasteiger partial charge is 0.268 e. The topological polar surface area (TPSA) is 52.0 Å². The van der Waals surface area contributed by atoms with E-state index in [0.29, 0.717) is 27.5 Å². The van der Waals surface area contributed by atoms with Crippen molar-refractivity contribution in [1.82, 2.24) is 9.55 Å². The molecule has 0 fully saturated rings. The Morgan fingerprint density at radius 1 is 1.07 bits per heavy atom. The van der Waals surface area contributed by atoms with Crippen molar-refractivity contribution in [1.29, 1.82) is 0 Å². The van der Waals surface area contributed by atoms with Crippen molar-refractivity contribution in [2.75, 3.05) is 5.75 Å². The normalized spacial score (nSPS) is 11.0. The first-order valence-electron chi connectivity index (χ1n) is 8.98. The third-order valence-corrected chi connectivity index (χ3v) is 6.30. The molecule has 140 valence electrons. The number of hydrogen-bond donors (Lipinski definition) is 0. The van der Waals surface area contributed by atoms with E-state index in [4.69, 9.17) is 4.98 Å². The van der Waals surface area contributed by atoms with Gasteiger partial charge in [0.25, 0.3) is 5.56 Å². The van der Waals surface area contributed by atoms with E-state index in [9.17, 15) is 9.59 Å². The molecule has 0 N–H and O–H groups in total. The summed E-state index contributed by atoms with van der Waals surface area (Å²) >= 11 is 2.78. The second-order valence-corrected chi connectivity index (χ2v) is 8.05. The summed E-state index contributed by atoms with van der Waals surface area (Å²) in [6.07, 6.45) is 0.474. The number of para-hydroxylation sites is 1. The molecule has 0 amide bonds. The zero-order valence-corrected chi connectivity index (χ0v) is 16.9. The Morgan fingerprint density at radius 3 is 2.43 bits per heavy atom. The summed E-state index contributed by atoms with van der Waals surface area (Å²) in [4.78, 5) is 30.8. The molecule has 0 bridgehead atoms. The van der Waals surface area contributed by atoms with Gasteiger partial charge in [0.05, 0.1) is 16.8 Å². The van der Waals surface area contributed by atoms with Gasteiger partial charge in [-0.25, -0.2) is 4.98 Å². The minimum absolute atomic E-state index is 0.109. The zero-order valence-electron chi connectivity index (χ0n) is 15.3. The molecule has 0 atom stereocenters. The van der Waals surface area contributed by atoms with E-state index in [1.807, 2.05) is 73.0 Å². The summed E-state index contributed by atoms with van der Waals surface area (Å²) in [7, 11) is 0. The number of aromatic nitrogens is 2. The summed E-state index contributed by atoms with van der Waals surface area (Å²) in [5.74, 6) is 0.438. The lowest BCUT2D eigenvalue weighted by Gasteiger charge is -2.12. The van der Waals surface area contributed by atoms with Crippen LogP contribution in [0.25, 0.3) is 27.0 Å². The van der Waals surface area contributed by atoms with Crippen molar-refractivity contribution in [3.63, 3.8) is 0 Å². The molecule has 0 saturated carbocycles. The average molecular weight is 407 g/mol. The molecule has 4 nitrogen and oxygen atoms in total. The predicted octanol–water partition coefficient (Wildman–Crippen LogP) is 5.19. The molecule has 0 unspecified atom stereocenters. The Bertz CT molecular complexity index is 1180. The van der Waals surface area contributed by atoms with Crippen LogP contribution in [0.1, 0.15) is 13.3 Å². The highest BCUT2D eigenvalue weighted by Crippen LogP contribution is 2.32. The highest BCUT2D eigenvalue weighted by atomic mass is 32.2. The molecule has 0 saturated heterocycles. The first-order chi connectivity index (χ1) is 13.7. The fraction of sp³-hybridized carbons (Fsp3) is 0.136. The predicted molar refractivity (Wildman–Crippen MR) is 117 cm³/mol. The summed E-state index contributed by atoms with van der Waals surface area (Å²) in [6.45, 7) is 1.84. The van der Waals surface area contributed by atoms with E-state index in [0.717, 1.165) is 16.8 Å². The molecular weight excluding hydrogens is 388 g/mol. The largest absolute Gasteiger partial charge is 0.299 e. The summed E-state index contributed by atoms with van der Waals surface area (Å²) < 4.78 is 1.62. The van der Waals surface area contributed by atoms with Crippen LogP contribution in [-0.2, 0) is 4.79 Å². The molecule has 0 aliphatic rings. The van der Waals surface area contributed by atoms with Gasteiger partial charge < -0.3 is 0 Å². The molecule has 4 aromatic rings. The number of rotatable bonds is 6. The lowest BCUT2D eigenvalue weighted by Crippen LogP contribution is -2.22. The Labute approximate surface area is 170 Å².